The number of amides is 1. The molecule has 3 N–H and O–H groups in total. The quantitative estimate of drug-likeness (QED) is 0.215. The topological polar surface area (TPSA) is 125 Å². The number of amidine groups is 1. The molecule has 0 saturated heterocycles. The smallest absolute Gasteiger partial charge is 0.249 e. The second kappa shape index (κ2) is 14.3. The fourth-order valence-corrected chi connectivity index (χ4v) is 5.28. The largest absolute Gasteiger partial charge is 0.369 e. The first-order valence-corrected chi connectivity index (χ1v) is 14.7. The van der Waals surface area contributed by atoms with Crippen LogP contribution in [0, 0.1) is 5.82 Å². The Bertz CT molecular complexity index is 1560. The van der Waals surface area contributed by atoms with Gasteiger partial charge in [-0.25, -0.2) is 14.1 Å². The number of aromatic nitrogens is 3. The highest BCUT2D eigenvalue weighted by Crippen LogP contribution is 2.39. The summed E-state index contributed by atoms with van der Waals surface area (Å²) in [5.41, 5.74) is 3.58. The number of ether oxygens (including phenoxy) is 1. The van der Waals surface area contributed by atoms with Crippen molar-refractivity contribution in [1.29, 1.82) is 0 Å². The van der Waals surface area contributed by atoms with Crippen molar-refractivity contribution < 1.29 is 24.1 Å². The molecule has 0 saturated carbocycles. The predicted octanol–water partition coefficient (Wildman–Crippen LogP) is 5.62. The third-order valence-corrected chi connectivity index (χ3v) is 7.66. The maximum Gasteiger partial charge on any atom is 0.249 e. The zero-order valence-electron chi connectivity index (χ0n) is 24.6. The van der Waals surface area contributed by atoms with Gasteiger partial charge in [0.1, 0.15) is 23.4 Å². The van der Waals surface area contributed by atoms with Gasteiger partial charge in [-0.05, 0) is 74.9 Å². The summed E-state index contributed by atoms with van der Waals surface area (Å²) in [5, 5.41) is 32.7. The number of methoxy groups -OCH3 is 1. The molecule has 230 valence electrons. The van der Waals surface area contributed by atoms with Crippen LogP contribution in [0.1, 0.15) is 62.8 Å². The molecule has 0 radical (unpaired) electrons. The fraction of sp³-hybridized carbons (Fsp3) is 0.333. The molecule has 3 atom stereocenters. The molecular weight excluding hydrogens is 563 g/mol. The Hall–Kier alpha value is -4.45. The van der Waals surface area contributed by atoms with Gasteiger partial charge in [-0.15, -0.1) is 5.10 Å². The van der Waals surface area contributed by atoms with Crippen LogP contribution < -0.4 is 10.2 Å². The van der Waals surface area contributed by atoms with Gasteiger partial charge in [0.05, 0.1) is 11.9 Å². The predicted molar refractivity (Wildman–Crippen MR) is 166 cm³/mol. The number of hydrogen-bond donors (Lipinski definition) is 3. The molecule has 3 unspecified atom stereocenters. The summed E-state index contributed by atoms with van der Waals surface area (Å²) in [6.45, 7) is 3.90. The summed E-state index contributed by atoms with van der Waals surface area (Å²) in [6.07, 6.45) is 12.0. The molecule has 0 aliphatic carbocycles. The fourth-order valence-electron chi connectivity index (χ4n) is 5.28. The number of unbranched alkanes of at least 4 members (excludes halogenated alkanes) is 1. The Balaban J connectivity index is 1.42. The minimum Gasteiger partial charge on any atom is -0.369 e. The number of aliphatic hydroxyl groups excluding tert-OH is 2. The van der Waals surface area contributed by atoms with Crippen LogP contribution in [0.15, 0.2) is 90.2 Å². The molecule has 3 heterocycles. The minimum atomic E-state index is -1.05. The summed E-state index contributed by atoms with van der Waals surface area (Å²) < 4.78 is 20.2. The minimum absolute atomic E-state index is 0.209. The molecule has 44 heavy (non-hydrogen) atoms. The average molecular weight is 601 g/mol. The molecule has 2 aliphatic heterocycles. The third kappa shape index (κ3) is 7.36. The molecular formula is C33H37FN6O4. The summed E-state index contributed by atoms with van der Waals surface area (Å²) in [7, 11) is 1.46. The van der Waals surface area contributed by atoms with E-state index in [0.29, 0.717) is 66.3 Å². The molecule has 0 spiro atoms. The van der Waals surface area contributed by atoms with Crippen molar-refractivity contribution in [3.63, 3.8) is 0 Å². The van der Waals surface area contributed by atoms with Gasteiger partial charge in [-0.1, -0.05) is 42.2 Å². The van der Waals surface area contributed by atoms with Gasteiger partial charge < -0.3 is 20.3 Å². The highest BCUT2D eigenvalue weighted by molar-refractivity contribution is 6.01. The number of hydrogen-bond acceptors (Lipinski definition) is 8. The van der Waals surface area contributed by atoms with Crippen molar-refractivity contribution in [3.05, 3.63) is 96.6 Å². The van der Waals surface area contributed by atoms with Crippen LogP contribution in [0.4, 0.5) is 15.8 Å². The highest BCUT2D eigenvalue weighted by Gasteiger charge is 2.30. The van der Waals surface area contributed by atoms with E-state index < -0.39 is 18.6 Å². The Kier molecular flexibility index (Phi) is 10.1. The molecule has 3 aromatic rings. The van der Waals surface area contributed by atoms with Crippen LogP contribution in [0.5, 0.6) is 0 Å². The number of rotatable bonds is 9. The lowest BCUT2D eigenvalue weighted by molar-refractivity contribution is -0.124. The van der Waals surface area contributed by atoms with Gasteiger partial charge in [0, 0.05) is 36.0 Å². The lowest BCUT2D eigenvalue weighted by Gasteiger charge is -2.35. The van der Waals surface area contributed by atoms with E-state index in [2.05, 4.69) is 28.3 Å². The van der Waals surface area contributed by atoms with Gasteiger partial charge in [-0.2, -0.15) is 0 Å². The van der Waals surface area contributed by atoms with Gasteiger partial charge in [-0.3, -0.25) is 9.69 Å². The number of fused-ring (bicyclic) bond motifs is 1. The number of benzene rings is 2. The van der Waals surface area contributed by atoms with Crippen molar-refractivity contribution in [3.8, 4) is 11.3 Å². The Morgan fingerprint density at radius 2 is 2.00 bits per heavy atom. The summed E-state index contributed by atoms with van der Waals surface area (Å²) in [5.74, 6) is 0.0314. The molecule has 2 aliphatic rings. The second-order valence-corrected chi connectivity index (χ2v) is 10.8. The lowest BCUT2D eigenvalue weighted by atomic mass is 10.0. The van der Waals surface area contributed by atoms with Gasteiger partial charge in [0.15, 0.2) is 12.5 Å². The van der Waals surface area contributed by atoms with E-state index in [1.165, 1.54) is 19.2 Å². The number of aliphatic hydroxyl groups is 2. The van der Waals surface area contributed by atoms with Crippen LogP contribution in [-0.4, -0.2) is 50.3 Å². The normalized spacial score (nSPS) is 21.1. The maximum absolute atomic E-state index is 13.7. The van der Waals surface area contributed by atoms with Crippen molar-refractivity contribution >= 4 is 23.1 Å². The van der Waals surface area contributed by atoms with E-state index in [1.54, 1.807) is 40.1 Å². The van der Waals surface area contributed by atoms with Gasteiger partial charge >= 0.3 is 0 Å². The first-order valence-electron chi connectivity index (χ1n) is 14.7. The van der Waals surface area contributed by atoms with E-state index in [-0.39, 0.29) is 11.7 Å². The van der Waals surface area contributed by atoms with Crippen molar-refractivity contribution in [2.45, 2.75) is 63.5 Å². The number of nitrogens with zero attached hydrogens (tertiary/aromatic N) is 5. The molecule has 5 rings (SSSR count). The van der Waals surface area contributed by atoms with E-state index in [0.717, 1.165) is 18.4 Å². The first kappa shape index (κ1) is 31.0. The number of nitrogens with one attached hydrogen (secondary N) is 1. The number of carbonyl (C=O) groups is 1. The monoisotopic (exact) mass is 600 g/mol. The first-order chi connectivity index (χ1) is 21.3. The summed E-state index contributed by atoms with van der Waals surface area (Å²) in [6, 6.07) is 10.8. The number of aliphatic imine (C=N–C) groups is 1. The zero-order chi connectivity index (χ0) is 31.1. The number of halogens is 1. The molecule has 0 bridgehead atoms. The van der Waals surface area contributed by atoms with E-state index >= 15 is 0 Å². The van der Waals surface area contributed by atoms with Crippen LogP contribution in [0.2, 0.25) is 0 Å². The van der Waals surface area contributed by atoms with Crippen molar-refractivity contribution in [2.75, 3.05) is 12.0 Å². The van der Waals surface area contributed by atoms with E-state index in [1.807, 2.05) is 24.3 Å². The van der Waals surface area contributed by atoms with Gasteiger partial charge in [0.25, 0.3) is 0 Å². The Morgan fingerprint density at radius 1 is 1.18 bits per heavy atom. The molecule has 0 fully saturated rings. The molecule has 1 aromatic heterocycles. The molecule has 1 amide bonds. The van der Waals surface area contributed by atoms with Crippen LogP contribution in [0.3, 0.4) is 0 Å². The highest BCUT2D eigenvalue weighted by atomic mass is 19.1. The lowest BCUT2D eigenvalue weighted by Crippen LogP contribution is -2.37. The second-order valence-electron chi connectivity index (χ2n) is 10.8. The van der Waals surface area contributed by atoms with Crippen molar-refractivity contribution in [2.24, 2.45) is 4.99 Å². The average Bonchev–Trinajstić information content (AvgIpc) is 3.49. The standard InChI is InChI=1S/C33H37FN6O4/c1-22-10-6-4-3-5-7-11-29(32(42)35-22)39-21-28(37-38-39)23-14-19-26-27(20-23)36-30(12-8-9-13-31(41)44-2)40(33(26)43)25-17-15-24(34)16-18-25/h3-4,6,10,14-21,29,31,33,41,43H,1,5,7-9,11-13H2,2H3,(H,35,42)/b4-3-,10-6-. The Labute approximate surface area is 255 Å². The van der Waals surface area contributed by atoms with Crippen LogP contribution in [-0.2, 0) is 9.53 Å². The number of anilines is 1. The zero-order valence-corrected chi connectivity index (χ0v) is 24.6. The van der Waals surface area contributed by atoms with Crippen LogP contribution >= 0.6 is 0 Å². The molecule has 11 heteroatoms. The summed E-state index contributed by atoms with van der Waals surface area (Å²) in [4.78, 5) is 19.7. The number of carbonyl (C=O) groups excluding carboxylic acids is 1. The maximum atomic E-state index is 13.7. The molecule has 2 aromatic carbocycles. The summed E-state index contributed by atoms with van der Waals surface area (Å²) >= 11 is 0. The third-order valence-electron chi connectivity index (χ3n) is 7.66. The molecule has 10 nitrogen and oxygen atoms in total. The van der Waals surface area contributed by atoms with Crippen molar-refractivity contribution in [1.82, 2.24) is 20.3 Å². The number of allylic oxidation sites excluding steroid dienone is 4. The van der Waals surface area contributed by atoms with Crippen LogP contribution in [0.25, 0.3) is 11.3 Å². The Morgan fingerprint density at radius 3 is 2.80 bits per heavy atom. The van der Waals surface area contributed by atoms with E-state index in [9.17, 15) is 19.4 Å². The van der Waals surface area contributed by atoms with E-state index in [4.69, 9.17) is 9.73 Å². The van der Waals surface area contributed by atoms with Gasteiger partial charge in [0.2, 0.25) is 5.91 Å². The SMILES string of the molecule is C=C1/C=C\C=C/CCCC(n2cc(-c3ccc4c(c3)N=C(CCCCC(O)OC)N(c3ccc(F)cc3)C4O)nn2)C(=O)N1.